The lowest BCUT2D eigenvalue weighted by molar-refractivity contribution is 0.162. The van der Waals surface area contributed by atoms with Crippen molar-refractivity contribution in [1.82, 2.24) is 15.5 Å². The lowest BCUT2D eigenvalue weighted by Gasteiger charge is -2.18. The van der Waals surface area contributed by atoms with E-state index in [1.54, 1.807) is 20.2 Å². The minimum Gasteiger partial charge on any atom is -0.489 e. The van der Waals surface area contributed by atoms with Gasteiger partial charge in [0.25, 0.3) is 0 Å². The molecular formula is C18H31IN4O2. The fourth-order valence-electron chi connectivity index (χ4n) is 2.06. The summed E-state index contributed by atoms with van der Waals surface area (Å²) in [7, 11) is 5.56. The minimum absolute atomic E-state index is 0. The van der Waals surface area contributed by atoms with Crippen LogP contribution in [0.3, 0.4) is 0 Å². The molecule has 2 N–H and O–H groups in total. The van der Waals surface area contributed by atoms with Gasteiger partial charge in [-0.25, -0.2) is 0 Å². The number of nitrogens with zero attached hydrogens (tertiary/aromatic N) is 2. The average molecular weight is 462 g/mol. The Morgan fingerprint density at radius 1 is 1.28 bits per heavy atom. The maximum atomic E-state index is 5.67. The second-order valence-electron chi connectivity index (χ2n) is 5.36. The fraction of sp³-hybridized carbons (Fsp3) is 0.500. The highest BCUT2D eigenvalue weighted by molar-refractivity contribution is 14.0. The summed E-state index contributed by atoms with van der Waals surface area (Å²) in [6.45, 7) is 8.21. The van der Waals surface area contributed by atoms with Crippen LogP contribution in [0.1, 0.15) is 5.56 Å². The molecule has 0 aliphatic carbocycles. The van der Waals surface area contributed by atoms with Crippen LogP contribution in [-0.2, 0) is 11.3 Å². The molecule has 25 heavy (non-hydrogen) atoms. The second kappa shape index (κ2) is 15.0. The molecule has 7 heteroatoms. The first-order valence-electron chi connectivity index (χ1n) is 8.14. The molecule has 0 saturated heterocycles. The summed E-state index contributed by atoms with van der Waals surface area (Å²) in [5.41, 5.74) is 1.08. The maximum Gasteiger partial charge on any atom is 0.191 e. The third-order valence-electron chi connectivity index (χ3n) is 3.46. The third-order valence-corrected chi connectivity index (χ3v) is 3.46. The molecule has 0 atom stereocenters. The van der Waals surface area contributed by atoms with Gasteiger partial charge in [0.1, 0.15) is 12.4 Å². The van der Waals surface area contributed by atoms with Gasteiger partial charge < -0.3 is 25.0 Å². The van der Waals surface area contributed by atoms with E-state index in [1.165, 1.54) is 0 Å². The predicted octanol–water partition coefficient (Wildman–Crippen LogP) is 2.11. The van der Waals surface area contributed by atoms with Crippen molar-refractivity contribution in [3.8, 4) is 5.75 Å². The smallest absolute Gasteiger partial charge is 0.191 e. The zero-order valence-electron chi connectivity index (χ0n) is 15.5. The number of aliphatic imine (C=N–C) groups is 1. The SMILES string of the molecule is C=CCOc1ccccc1CNC(=NC)NCCN(C)CCOC.I. The van der Waals surface area contributed by atoms with Crippen molar-refractivity contribution in [1.29, 1.82) is 0 Å². The van der Waals surface area contributed by atoms with Crippen molar-refractivity contribution in [3.63, 3.8) is 0 Å². The van der Waals surface area contributed by atoms with E-state index in [-0.39, 0.29) is 24.0 Å². The van der Waals surface area contributed by atoms with Crippen LogP contribution in [0.2, 0.25) is 0 Å². The van der Waals surface area contributed by atoms with Gasteiger partial charge in [0.05, 0.1) is 6.61 Å². The highest BCUT2D eigenvalue weighted by atomic mass is 127. The van der Waals surface area contributed by atoms with E-state index in [1.807, 2.05) is 24.3 Å². The number of methoxy groups -OCH3 is 1. The molecule has 0 unspecified atom stereocenters. The standard InChI is InChI=1S/C18H30N4O2.HI/c1-5-13-24-17-9-7-6-8-16(17)15-21-18(19-2)20-10-11-22(3)12-14-23-4;/h5-9H,1,10-15H2,2-4H3,(H2,19,20,21);1H. The number of nitrogens with one attached hydrogen (secondary N) is 2. The van der Waals surface area contributed by atoms with E-state index >= 15 is 0 Å². The molecule has 0 aromatic heterocycles. The van der Waals surface area contributed by atoms with Gasteiger partial charge in [0.15, 0.2) is 5.96 Å². The summed E-state index contributed by atoms with van der Waals surface area (Å²) >= 11 is 0. The first kappa shape index (κ1) is 23.7. The van der Waals surface area contributed by atoms with Crippen molar-refractivity contribution in [2.45, 2.75) is 6.54 Å². The largest absolute Gasteiger partial charge is 0.489 e. The molecule has 0 fully saturated rings. The zero-order chi connectivity index (χ0) is 17.6. The van der Waals surface area contributed by atoms with Gasteiger partial charge in [0.2, 0.25) is 0 Å². The summed E-state index contributed by atoms with van der Waals surface area (Å²) in [6, 6.07) is 7.96. The number of halogens is 1. The van der Waals surface area contributed by atoms with Crippen LogP contribution < -0.4 is 15.4 Å². The Balaban J connectivity index is 0.00000576. The molecule has 142 valence electrons. The molecule has 6 nitrogen and oxygen atoms in total. The lowest BCUT2D eigenvalue weighted by atomic mass is 10.2. The molecule has 1 rings (SSSR count). The molecule has 0 bridgehead atoms. The number of guanidine groups is 1. The van der Waals surface area contributed by atoms with E-state index in [0.29, 0.717) is 13.2 Å². The molecule has 0 saturated carbocycles. The van der Waals surface area contributed by atoms with Gasteiger partial charge in [-0.1, -0.05) is 30.9 Å². The molecule has 0 spiro atoms. The molecule has 0 aliphatic rings. The Labute approximate surface area is 168 Å². The number of hydrogen-bond donors (Lipinski definition) is 2. The van der Waals surface area contributed by atoms with Crippen LogP contribution in [0.4, 0.5) is 0 Å². The number of ether oxygens (including phenoxy) is 2. The number of hydrogen-bond acceptors (Lipinski definition) is 4. The summed E-state index contributed by atoms with van der Waals surface area (Å²) < 4.78 is 10.7. The van der Waals surface area contributed by atoms with Crippen LogP contribution in [0.5, 0.6) is 5.75 Å². The van der Waals surface area contributed by atoms with Crippen LogP contribution in [0.15, 0.2) is 41.9 Å². The van der Waals surface area contributed by atoms with E-state index in [0.717, 1.165) is 43.5 Å². The van der Waals surface area contributed by atoms with Gasteiger partial charge >= 0.3 is 0 Å². The molecular weight excluding hydrogens is 431 g/mol. The zero-order valence-corrected chi connectivity index (χ0v) is 17.8. The Hall–Kier alpha value is -1.32. The summed E-state index contributed by atoms with van der Waals surface area (Å²) in [5, 5.41) is 6.62. The molecule has 0 heterocycles. The van der Waals surface area contributed by atoms with Crippen molar-refractivity contribution in [2.75, 3.05) is 54.1 Å². The highest BCUT2D eigenvalue weighted by Gasteiger charge is 2.04. The normalized spacial score (nSPS) is 11.0. The average Bonchev–Trinajstić information content (AvgIpc) is 2.61. The first-order chi connectivity index (χ1) is 11.7. The van der Waals surface area contributed by atoms with Crippen molar-refractivity contribution in [2.24, 2.45) is 4.99 Å². The van der Waals surface area contributed by atoms with Gasteiger partial charge in [-0.3, -0.25) is 4.99 Å². The van der Waals surface area contributed by atoms with Crippen LogP contribution in [0.25, 0.3) is 0 Å². The Morgan fingerprint density at radius 3 is 2.72 bits per heavy atom. The number of likely N-dealkylation sites (N-methyl/N-ethyl adjacent to an activating group) is 1. The molecule has 0 radical (unpaired) electrons. The Bertz CT molecular complexity index is 512. The number of para-hydroxylation sites is 1. The predicted molar refractivity (Wildman–Crippen MR) is 115 cm³/mol. The first-order valence-corrected chi connectivity index (χ1v) is 8.14. The van der Waals surface area contributed by atoms with Gasteiger partial charge in [-0.2, -0.15) is 0 Å². The Morgan fingerprint density at radius 2 is 2.04 bits per heavy atom. The molecule has 0 aliphatic heterocycles. The van der Waals surface area contributed by atoms with E-state index < -0.39 is 0 Å². The third kappa shape index (κ3) is 10.3. The quantitative estimate of drug-likeness (QED) is 0.228. The van der Waals surface area contributed by atoms with Gasteiger partial charge in [-0.15, -0.1) is 24.0 Å². The topological polar surface area (TPSA) is 58.1 Å². The number of rotatable bonds is 11. The fourth-order valence-corrected chi connectivity index (χ4v) is 2.06. The van der Waals surface area contributed by atoms with Crippen LogP contribution in [0, 0.1) is 0 Å². The maximum absolute atomic E-state index is 5.67. The summed E-state index contributed by atoms with van der Waals surface area (Å²) in [5.74, 6) is 1.63. The van der Waals surface area contributed by atoms with Crippen molar-refractivity contribution >= 4 is 29.9 Å². The van der Waals surface area contributed by atoms with E-state index in [4.69, 9.17) is 9.47 Å². The van der Waals surface area contributed by atoms with Crippen LogP contribution in [-0.4, -0.2) is 64.9 Å². The lowest BCUT2D eigenvalue weighted by Crippen LogP contribution is -2.41. The summed E-state index contributed by atoms with van der Waals surface area (Å²) in [4.78, 5) is 6.46. The van der Waals surface area contributed by atoms with E-state index in [9.17, 15) is 0 Å². The summed E-state index contributed by atoms with van der Waals surface area (Å²) in [6.07, 6.45) is 1.74. The van der Waals surface area contributed by atoms with E-state index in [2.05, 4.69) is 34.2 Å². The monoisotopic (exact) mass is 462 g/mol. The Kier molecular flexibility index (Phi) is 14.2. The molecule has 1 aromatic rings. The van der Waals surface area contributed by atoms with Gasteiger partial charge in [0, 0.05) is 45.9 Å². The van der Waals surface area contributed by atoms with Crippen LogP contribution >= 0.6 is 24.0 Å². The minimum atomic E-state index is 0. The molecule has 1 aromatic carbocycles. The van der Waals surface area contributed by atoms with Gasteiger partial charge in [-0.05, 0) is 13.1 Å². The second-order valence-corrected chi connectivity index (χ2v) is 5.36. The molecule has 0 amide bonds. The number of benzene rings is 1. The highest BCUT2D eigenvalue weighted by Crippen LogP contribution is 2.17. The van der Waals surface area contributed by atoms with Crippen molar-refractivity contribution in [3.05, 3.63) is 42.5 Å². The van der Waals surface area contributed by atoms with Crippen molar-refractivity contribution < 1.29 is 9.47 Å².